The molecule has 0 radical (unpaired) electrons. The van der Waals surface area contributed by atoms with Crippen LogP contribution in [0.3, 0.4) is 0 Å². The fourth-order valence-corrected chi connectivity index (χ4v) is 3.17. The number of aryl methyl sites for hydroxylation is 2. The van der Waals surface area contributed by atoms with Gasteiger partial charge in [-0.2, -0.15) is 0 Å². The Balaban J connectivity index is 1.54. The quantitative estimate of drug-likeness (QED) is 0.869. The summed E-state index contributed by atoms with van der Waals surface area (Å²) in [6.45, 7) is 5.08. The summed E-state index contributed by atoms with van der Waals surface area (Å²) in [5.74, 6) is 0.751. The van der Waals surface area contributed by atoms with Crippen molar-refractivity contribution in [1.29, 1.82) is 0 Å². The Hall–Kier alpha value is -2.82. The fraction of sp³-hybridized carbons (Fsp3) is 0.333. The molecule has 2 amide bonds. The summed E-state index contributed by atoms with van der Waals surface area (Å²) < 4.78 is 5.67. The zero-order valence-electron chi connectivity index (χ0n) is 15.2. The molecule has 5 nitrogen and oxygen atoms in total. The van der Waals surface area contributed by atoms with Gasteiger partial charge in [0, 0.05) is 25.2 Å². The van der Waals surface area contributed by atoms with Crippen LogP contribution >= 0.6 is 0 Å². The van der Waals surface area contributed by atoms with E-state index in [9.17, 15) is 9.59 Å². The van der Waals surface area contributed by atoms with Crippen molar-refractivity contribution in [2.45, 2.75) is 33.2 Å². The summed E-state index contributed by atoms with van der Waals surface area (Å²) in [6.07, 6.45) is 1.51. The summed E-state index contributed by atoms with van der Waals surface area (Å²) in [4.78, 5) is 25.8. The van der Waals surface area contributed by atoms with Gasteiger partial charge in [0.05, 0.1) is 0 Å². The van der Waals surface area contributed by atoms with Crippen molar-refractivity contribution in [3.8, 4) is 5.75 Å². The second-order valence-electron chi connectivity index (χ2n) is 6.61. The number of carbonyl (C=O) groups excluding carboxylic acids is 2. The first-order chi connectivity index (χ1) is 12.5. The topological polar surface area (TPSA) is 58.6 Å². The van der Waals surface area contributed by atoms with Crippen LogP contribution in [0.2, 0.25) is 0 Å². The van der Waals surface area contributed by atoms with E-state index in [0.717, 1.165) is 41.1 Å². The SMILES string of the molecule is Cc1cccc(C)c1OCC(=O)NCc1cccc(N2CCCC2=O)c1. The maximum absolute atomic E-state index is 12.1. The monoisotopic (exact) mass is 352 g/mol. The number of para-hydroxylation sites is 1. The van der Waals surface area contributed by atoms with Crippen LogP contribution in [0.15, 0.2) is 42.5 Å². The highest BCUT2D eigenvalue weighted by atomic mass is 16.5. The number of anilines is 1. The molecule has 0 bridgehead atoms. The molecule has 1 N–H and O–H groups in total. The molecular formula is C21H24N2O3. The van der Waals surface area contributed by atoms with E-state index in [1.54, 1.807) is 4.90 Å². The first-order valence-electron chi connectivity index (χ1n) is 8.89. The van der Waals surface area contributed by atoms with Crippen LogP contribution < -0.4 is 15.0 Å². The van der Waals surface area contributed by atoms with Crippen LogP contribution in [0.1, 0.15) is 29.5 Å². The number of ether oxygens (including phenoxy) is 1. The van der Waals surface area contributed by atoms with Crippen LogP contribution in [0.4, 0.5) is 5.69 Å². The van der Waals surface area contributed by atoms with Crippen molar-refractivity contribution in [1.82, 2.24) is 5.32 Å². The Morgan fingerprint density at radius 2 is 1.88 bits per heavy atom. The second-order valence-corrected chi connectivity index (χ2v) is 6.61. The number of benzene rings is 2. The minimum atomic E-state index is -0.171. The number of hydrogen-bond acceptors (Lipinski definition) is 3. The predicted octanol–water partition coefficient (Wildman–Crippen LogP) is 3.13. The van der Waals surface area contributed by atoms with E-state index < -0.39 is 0 Å². The van der Waals surface area contributed by atoms with E-state index in [0.29, 0.717) is 13.0 Å². The average molecular weight is 352 g/mol. The van der Waals surface area contributed by atoms with Crippen molar-refractivity contribution < 1.29 is 14.3 Å². The van der Waals surface area contributed by atoms with Gasteiger partial charge in [-0.25, -0.2) is 0 Å². The van der Waals surface area contributed by atoms with Crippen LogP contribution in [-0.4, -0.2) is 25.0 Å². The number of hydrogen-bond donors (Lipinski definition) is 1. The van der Waals surface area contributed by atoms with E-state index in [1.165, 1.54) is 0 Å². The van der Waals surface area contributed by atoms with E-state index in [1.807, 2.05) is 56.3 Å². The Labute approximate surface area is 154 Å². The van der Waals surface area contributed by atoms with Gasteiger partial charge < -0.3 is 15.0 Å². The van der Waals surface area contributed by atoms with E-state index >= 15 is 0 Å². The molecule has 0 spiro atoms. The van der Waals surface area contributed by atoms with E-state index in [2.05, 4.69) is 5.32 Å². The Morgan fingerprint density at radius 3 is 2.58 bits per heavy atom. The van der Waals surface area contributed by atoms with Crippen LogP contribution in [0, 0.1) is 13.8 Å². The van der Waals surface area contributed by atoms with Gasteiger partial charge in [0.15, 0.2) is 6.61 Å². The molecule has 1 aliphatic heterocycles. The summed E-state index contributed by atoms with van der Waals surface area (Å²) in [5.41, 5.74) is 3.88. The zero-order chi connectivity index (χ0) is 18.5. The highest BCUT2D eigenvalue weighted by Crippen LogP contribution is 2.23. The molecular weight excluding hydrogens is 328 g/mol. The van der Waals surface area contributed by atoms with Crippen molar-refractivity contribution in [3.05, 3.63) is 59.2 Å². The first kappa shape index (κ1) is 18.0. The second kappa shape index (κ2) is 8.04. The van der Waals surface area contributed by atoms with Gasteiger partial charge in [0.25, 0.3) is 5.91 Å². The molecule has 3 rings (SSSR count). The van der Waals surface area contributed by atoms with E-state index in [4.69, 9.17) is 4.74 Å². The lowest BCUT2D eigenvalue weighted by molar-refractivity contribution is -0.123. The molecule has 0 aromatic heterocycles. The van der Waals surface area contributed by atoms with Gasteiger partial charge in [0.2, 0.25) is 5.91 Å². The van der Waals surface area contributed by atoms with Crippen LogP contribution in [-0.2, 0) is 16.1 Å². The first-order valence-corrected chi connectivity index (χ1v) is 8.89. The normalized spacial score (nSPS) is 13.8. The molecule has 0 aliphatic carbocycles. The number of nitrogens with zero attached hydrogens (tertiary/aromatic N) is 1. The van der Waals surface area contributed by atoms with Gasteiger partial charge in [-0.3, -0.25) is 9.59 Å². The molecule has 1 saturated heterocycles. The minimum Gasteiger partial charge on any atom is -0.483 e. The van der Waals surface area contributed by atoms with Gasteiger partial charge in [-0.15, -0.1) is 0 Å². The Kier molecular flexibility index (Phi) is 5.56. The largest absolute Gasteiger partial charge is 0.483 e. The lowest BCUT2D eigenvalue weighted by Gasteiger charge is -2.17. The molecule has 26 heavy (non-hydrogen) atoms. The molecule has 1 aliphatic rings. The highest BCUT2D eigenvalue weighted by molar-refractivity contribution is 5.95. The third-order valence-corrected chi connectivity index (χ3v) is 4.54. The van der Waals surface area contributed by atoms with E-state index in [-0.39, 0.29) is 18.4 Å². The van der Waals surface area contributed by atoms with Crippen molar-refractivity contribution in [2.75, 3.05) is 18.1 Å². The summed E-state index contributed by atoms with van der Waals surface area (Å²) in [7, 11) is 0. The lowest BCUT2D eigenvalue weighted by Crippen LogP contribution is -2.29. The highest BCUT2D eigenvalue weighted by Gasteiger charge is 2.21. The Morgan fingerprint density at radius 1 is 1.15 bits per heavy atom. The molecule has 1 heterocycles. The Bertz CT molecular complexity index is 796. The maximum Gasteiger partial charge on any atom is 0.258 e. The van der Waals surface area contributed by atoms with Crippen molar-refractivity contribution in [2.24, 2.45) is 0 Å². The van der Waals surface area contributed by atoms with Crippen molar-refractivity contribution >= 4 is 17.5 Å². The summed E-state index contributed by atoms with van der Waals surface area (Å²) in [6, 6.07) is 13.6. The molecule has 0 saturated carbocycles. The maximum atomic E-state index is 12.1. The number of rotatable bonds is 6. The third-order valence-electron chi connectivity index (χ3n) is 4.54. The molecule has 1 fully saturated rings. The molecule has 2 aromatic rings. The molecule has 5 heteroatoms. The molecule has 136 valence electrons. The van der Waals surface area contributed by atoms with Crippen molar-refractivity contribution in [3.63, 3.8) is 0 Å². The number of amides is 2. The summed E-state index contributed by atoms with van der Waals surface area (Å²) in [5, 5.41) is 2.87. The standard InChI is InChI=1S/C21H24N2O3/c1-15-6-3-7-16(2)21(15)26-14-19(24)22-13-17-8-4-9-18(12-17)23-11-5-10-20(23)25/h3-4,6-9,12H,5,10-11,13-14H2,1-2H3,(H,22,24). The molecule has 2 aromatic carbocycles. The summed E-state index contributed by atoms with van der Waals surface area (Å²) >= 11 is 0. The molecule has 0 atom stereocenters. The lowest BCUT2D eigenvalue weighted by atomic mass is 10.1. The van der Waals surface area contributed by atoms with Gasteiger partial charge in [-0.05, 0) is 49.1 Å². The average Bonchev–Trinajstić information content (AvgIpc) is 3.06. The third kappa shape index (κ3) is 4.23. The smallest absolute Gasteiger partial charge is 0.258 e. The minimum absolute atomic E-state index is 0.0179. The van der Waals surface area contributed by atoms with Gasteiger partial charge >= 0.3 is 0 Å². The fourth-order valence-electron chi connectivity index (χ4n) is 3.17. The van der Waals surface area contributed by atoms with Gasteiger partial charge in [0.1, 0.15) is 5.75 Å². The molecule has 0 unspecified atom stereocenters. The number of nitrogens with one attached hydrogen (secondary N) is 1. The predicted molar refractivity (Wildman–Crippen MR) is 101 cm³/mol. The van der Waals surface area contributed by atoms with Gasteiger partial charge in [-0.1, -0.05) is 30.3 Å². The number of carbonyl (C=O) groups is 2. The van der Waals surface area contributed by atoms with Crippen LogP contribution in [0.25, 0.3) is 0 Å². The zero-order valence-corrected chi connectivity index (χ0v) is 15.2. The van der Waals surface area contributed by atoms with Crippen LogP contribution in [0.5, 0.6) is 5.75 Å².